The first-order valence-electron chi connectivity index (χ1n) is 2.39. The molecule has 0 amide bonds. The SMILES string of the molecule is CC1=C(C)OB(O)O1. The van der Waals surface area contributed by atoms with Crippen molar-refractivity contribution in [3.8, 4) is 0 Å². The summed E-state index contributed by atoms with van der Waals surface area (Å²) in [4.78, 5) is 0. The third-order valence-electron chi connectivity index (χ3n) is 1.05. The second-order valence-corrected chi connectivity index (χ2v) is 1.66. The van der Waals surface area contributed by atoms with E-state index in [9.17, 15) is 0 Å². The number of allylic oxidation sites excluding steroid dienone is 2. The molecule has 0 aromatic carbocycles. The first-order chi connectivity index (χ1) is 3.70. The van der Waals surface area contributed by atoms with Crippen molar-refractivity contribution in [3.63, 3.8) is 0 Å². The Balaban J connectivity index is 2.60. The van der Waals surface area contributed by atoms with Crippen LogP contribution >= 0.6 is 0 Å². The summed E-state index contributed by atoms with van der Waals surface area (Å²) < 4.78 is 9.37. The van der Waals surface area contributed by atoms with Crippen LogP contribution in [0.3, 0.4) is 0 Å². The molecule has 1 rings (SSSR count). The normalized spacial score (nSPS) is 18.6. The van der Waals surface area contributed by atoms with E-state index in [1.807, 2.05) is 0 Å². The molecule has 1 N–H and O–H groups in total. The molecule has 4 heteroatoms. The van der Waals surface area contributed by atoms with Gasteiger partial charge in [0.25, 0.3) is 0 Å². The Morgan fingerprint density at radius 1 is 1.25 bits per heavy atom. The molecule has 8 heavy (non-hydrogen) atoms. The van der Waals surface area contributed by atoms with Gasteiger partial charge in [-0.1, -0.05) is 0 Å². The molecule has 1 aliphatic heterocycles. The summed E-state index contributed by atoms with van der Waals surface area (Å²) in [5, 5.41) is 8.58. The predicted molar refractivity (Wildman–Crippen MR) is 28.5 cm³/mol. The van der Waals surface area contributed by atoms with E-state index in [4.69, 9.17) is 5.02 Å². The summed E-state index contributed by atoms with van der Waals surface area (Å²) >= 11 is 0. The van der Waals surface area contributed by atoms with Crippen molar-refractivity contribution in [2.45, 2.75) is 13.8 Å². The van der Waals surface area contributed by atoms with Gasteiger partial charge in [-0.3, -0.25) is 0 Å². The highest BCUT2D eigenvalue weighted by Gasteiger charge is 2.28. The van der Waals surface area contributed by atoms with Gasteiger partial charge in [-0.15, -0.1) is 0 Å². The summed E-state index contributed by atoms with van der Waals surface area (Å²) in [6.07, 6.45) is 0. The van der Waals surface area contributed by atoms with Crippen molar-refractivity contribution in [3.05, 3.63) is 11.5 Å². The van der Waals surface area contributed by atoms with Gasteiger partial charge in [-0.2, -0.15) is 0 Å². The van der Waals surface area contributed by atoms with Crippen molar-refractivity contribution in [1.29, 1.82) is 0 Å². The third kappa shape index (κ3) is 0.791. The van der Waals surface area contributed by atoms with E-state index in [2.05, 4.69) is 9.31 Å². The van der Waals surface area contributed by atoms with Crippen molar-refractivity contribution in [2.24, 2.45) is 0 Å². The Labute approximate surface area is 48.1 Å². The lowest BCUT2D eigenvalue weighted by molar-refractivity contribution is 0.263. The van der Waals surface area contributed by atoms with E-state index in [1.54, 1.807) is 13.8 Å². The topological polar surface area (TPSA) is 38.7 Å². The van der Waals surface area contributed by atoms with Crippen molar-refractivity contribution < 1.29 is 14.3 Å². The van der Waals surface area contributed by atoms with Gasteiger partial charge in [0.2, 0.25) is 0 Å². The summed E-state index contributed by atoms with van der Waals surface area (Å²) in [6, 6.07) is 0. The molecule has 1 heterocycles. The molecule has 0 fully saturated rings. The van der Waals surface area contributed by atoms with Gasteiger partial charge < -0.3 is 14.3 Å². The first-order valence-corrected chi connectivity index (χ1v) is 2.39. The zero-order chi connectivity index (χ0) is 6.15. The molecule has 3 nitrogen and oxygen atoms in total. The summed E-state index contributed by atoms with van der Waals surface area (Å²) in [7, 11) is -1.07. The van der Waals surface area contributed by atoms with Crippen LogP contribution in [0.4, 0.5) is 0 Å². The zero-order valence-electron chi connectivity index (χ0n) is 4.84. The fourth-order valence-corrected chi connectivity index (χ4v) is 0.492. The Morgan fingerprint density at radius 2 is 1.62 bits per heavy atom. The van der Waals surface area contributed by atoms with Crippen LogP contribution in [0, 0.1) is 0 Å². The van der Waals surface area contributed by atoms with Gasteiger partial charge in [0.1, 0.15) is 11.5 Å². The number of hydrogen-bond acceptors (Lipinski definition) is 3. The van der Waals surface area contributed by atoms with Gasteiger partial charge in [0, 0.05) is 0 Å². The van der Waals surface area contributed by atoms with E-state index in [0.717, 1.165) is 0 Å². The highest BCUT2D eigenvalue weighted by atomic mass is 16.7. The van der Waals surface area contributed by atoms with Crippen LogP contribution in [0.5, 0.6) is 0 Å². The quantitative estimate of drug-likeness (QED) is 0.459. The Hall–Kier alpha value is -0.635. The molecule has 0 bridgehead atoms. The van der Waals surface area contributed by atoms with Crippen LogP contribution < -0.4 is 0 Å². The largest absolute Gasteiger partial charge is 0.784 e. The Kier molecular flexibility index (Phi) is 1.17. The summed E-state index contributed by atoms with van der Waals surface area (Å²) in [5.41, 5.74) is 0. The molecular weight excluding hydrogens is 107 g/mol. The van der Waals surface area contributed by atoms with Crippen LogP contribution in [-0.4, -0.2) is 12.3 Å². The minimum atomic E-state index is -1.07. The highest BCUT2D eigenvalue weighted by molar-refractivity contribution is 6.36. The van der Waals surface area contributed by atoms with E-state index < -0.39 is 7.32 Å². The molecule has 0 aromatic heterocycles. The molecule has 0 aliphatic carbocycles. The fraction of sp³-hybridized carbons (Fsp3) is 0.500. The predicted octanol–water partition coefficient (Wildman–Crippen LogP) is 0.262. The Morgan fingerprint density at radius 3 is 1.75 bits per heavy atom. The summed E-state index contributed by atoms with van der Waals surface area (Å²) in [6.45, 7) is 3.48. The lowest BCUT2D eigenvalue weighted by Crippen LogP contribution is -2.13. The number of hydrogen-bond donors (Lipinski definition) is 1. The van der Waals surface area contributed by atoms with E-state index in [1.165, 1.54) is 0 Å². The first kappa shape index (κ1) is 5.50. The van der Waals surface area contributed by atoms with Gasteiger partial charge in [-0.05, 0) is 13.8 Å². The lowest BCUT2D eigenvalue weighted by Gasteiger charge is -1.92. The van der Waals surface area contributed by atoms with Crippen LogP contribution in [0.1, 0.15) is 13.8 Å². The average molecular weight is 114 g/mol. The number of rotatable bonds is 0. The Bertz CT molecular complexity index is 117. The van der Waals surface area contributed by atoms with Crippen molar-refractivity contribution >= 4 is 7.32 Å². The lowest BCUT2D eigenvalue weighted by atomic mass is 10.3. The zero-order valence-corrected chi connectivity index (χ0v) is 4.84. The van der Waals surface area contributed by atoms with Gasteiger partial charge in [-0.25, -0.2) is 0 Å². The highest BCUT2D eigenvalue weighted by Crippen LogP contribution is 2.15. The second kappa shape index (κ2) is 1.71. The van der Waals surface area contributed by atoms with E-state index in [0.29, 0.717) is 11.5 Å². The van der Waals surface area contributed by atoms with Gasteiger partial charge in [0.15, 0.2) is 0 Å². The molecule has 0 aromatic rings. The van der Waals surface area contributed by atoms with Crippen molar-refractivity contribution in [2.75, 3.05) is 0 Å². The molecule has 0 spiro atoms. The summed E-state index contributed by atoms with van der Waals surface area (Å²) in [5.74, 6) is 1.30. The minimum Gasteiger partial charge on any atom is -0.502 e. The van der Waals surface area contributed by atoms with Gasteiger partial charge in [0.05, 0.1) is 0 Å². The monoisotopic (exact) mass is 114 g/mol. The van der Waals surface area contributed by atoms with Gasteiger partial charge >= 0.3 is 7.32 Å². The molecule has 0 saturated heterocycles. The van der Waals surface area contributed by atoms with Crippen LogP contribution in [0.25, 0.3) is 0 Å². The van der Waals surface area contributed by atoms with Crippen LogP contribution in [-0.2, 0) is 9.31 Å². The smallest absolute Gasteiger partial charge is 0.502 e. The molecule has 44 valence electrons. The molecule has 0 unspecified atom stereocenters. The molecular formula is C4H7BO3. The van der Waals surface area contributed by atoms with E-state index >= 15 is 0 Å². The third-order valence-corrected chi connectivity index (χ3v) is 1.05. The second-order valence-electron chi connectivity index (χ2n) is 1.66. The molecule has 0 radical (unpaired) electrons. The maximum absolute atomic E-state index is 8.58. The maximum Gasteiger partial charge on any atom is 0.784 e. The fourth-order valence-electron chi connectivity index (χ4n) is 0.492. The molecule has 0 atom stereocenters. The van der Waals surface area contributed by atoms with Crippen LogP contribution in [0.15, 0.2) is 11.5 Å². The van der Waals surface area contributed by atoms with E-state index in [-0.39, 0.29) is 0 Å². The van der Waals surface area contributed by atoms with Crippen molar-refractivity contribution in [1.82, 2.24) is 0 Å². The standard InChI is InChI=1S/C4H7BO3/c1-3-4(2)8-5(6)7-3/h6H,1-2H3. The van der Waals surface area contributed by atoms with Crippen LogP contribution in [0.2, 0.25) is 0 Å². The molecule has 0 saturated carbocycles. The molecule has 1 aliphatic rings. The average Bonchev–Trinajstić information content (AvgIpc) is 1.85. The maximum atomic E-state index is 8.58. The minimum absolute atomic E-state index is 0.650.